The van der Waals surface area contributed by atoms with Gasteiger partial charge in [-0.05, 0) is 30.2 Å². The van der Waals surface area contributed by atoms with E-state index in [1.807, 2.05) is 43.0 Å². The van der Waals surface area contributed by atoms with Gasteiger partial charge in [0.15, 0.2) is 5.82 Å². The predicted molar refractivity (Wildman–Crippen MR) is 93.3 cm³/mol. The van der Waals surface area contributed by atoms with E-state index in [0.717, 1.165) is 24.5 Å². The van der Waals surface area contributed by atoms with Gasteiger partial charge in [-0.1, -0.05) is 6.07 Å². The van der Waals surface area contributed by atoms with E-state index < -0.39 is 0 Å². The zero-order chi connectivity index (χ0) is 17.1. The first-order chi connectivity index (χ1) is 12.3. The number of pyridine rings is 2. The molecule has 0 aromatic carbocycles. The number of methoxy groups -OCH3 is 1. The minimum atomic E-state index is 0.235. The molecule has 25 heavy (non-hydrogen) atoms. The Hall–Kier alpha value is -2.73. The van der Waals surface area contributed by atoms with Crippen molar-refractivity contribution >= 4 is 0 Å². The Labute approximate surface area is 146 Å². The van der Waals surface area contributed by atoms with E-state index in [2.05, 4.69) is 31.7 Å². The highest BCUT2D eigenvalue weighted by molar-refractivity contribution is 5.51. The van der Waals surface area contributed by atoms with Crippen LogP contribution in [0.1, 0.15) is 11.6 Å². The monoisotopic (exact) mass is 336 g/mol. The number of nitrogens with zero attached hydrogens (tertiary/aromatic N) is 4. The SMILES string of the molecule is COc1cccc(-c2nccn2[C@@H]2COC[C@H]2Cc2ccncc2)n1. The molecule has 2 atom stereocenters. The first-order valence-electron chi connectivity index (χ1n) is 8.36. The second-order valence-electron chi connectivity index (χ2n) is 6.15. The van der Waals surface area contributed by atoms with E-state index in [-0.39, 0.29) is 6.04 Å². The van der Waals surface area contributed by atoms with Crippen molar-refractivity contribution in [3.8, 4) is 17.4 Å². The molecule has 0 saturated carbocycles. The number of rotatable bonds is 5. The fraction of sp³-hybridized carbons (Fsp3) is 0.316. The molecule has 3 aromatic heterocycles. The normalized spacial score (nSPS) is 19.9. The lowest BCUT2D eigenvalue weighted by atomic mass is 9.95. The Morgan fingerprint density at radius 1 is 1.16 bits per heavy atom. The van der Waals surface area contributed by atoms with Crippen molar-refractivity contribution in [3.63, 3.8) is 0 Å². The van der Waals surface area contributed by atoms with Crippen LogP contribution in [-0.4, -0.2) is 39.8 Å². The molecular formula is C19H20N4O2. The summed E-state index contributed by atoms with van der Waals surface area (Å²) in [5.41, 5.74) is 2.08. The molecule has 1 aliphatic rings. The summed E-state index contributed by atoms with van der Waals surface area (Å²) in [6.07, 6.45) is 8.45. The predicted octanol–water partition coefficient (Wildman–Crippen LogP) is 2.78. The topological polar surface area (TPSA) is 62.1 Å². The molecule has 0 bridgehead atoms. The van der Waals surface area contributed by atoms with Gasteiger partial charge in [0.2, 0.25) is 5.88 Å². The lowest BCUT2D eigenvalue weighted by molar-refractivity contribution is 0.181. The summed E-state index contributed by atoms with van der Waals surface area (Å²) in [6, 6.07) is 10.1. The number of aromatic nitrogens is 4. The van der Waals surface area contributed by atoms with Crippen molar-refractivity contribution < 1.29 is 9.47 Å². The van der Waals surface area contributed by atoms with Gasteiger partial charge >= 0.3 is 0 Å². The van der Waals surface area contributed by atoms with Crippen LogP contribution in [0.25, 0.3) is 11.5 Å². The summed E-state index contributed by atoms with van der Waals surface area (Å²) >= 11 is 0. The molecule has 128 valence electrons. The average Bonchev–Trinajstić information content (AvgIpc) is 3.31. The molecule has 1 aliphatic heterocycles. The lowest BCUT2D eigenvalue weighted by Crippen LogP contribution is -2.20. The maximum atomic E-state index is 5.79. The lowest BCUT2D eigenvalue weighted by Gasteiger charge is -2.21. The molecule has 0 N–H and O–H groups in total. The summed E-state index contributed by atoms with van der Waals surface area (Å²) in [7, 11) is 1.62. The van der Waals surface area contributed by atoms with Crippen LogP contribution in [0.4, 0.5) is 0 Å². The first-order valence-corrected chi connectivity index (χ1v) is 8.36. The number of ether oxygens (including phenoxy) is 2. The molecule has 4 heterocycles. The van der Waals surface area contributed by atoms with Crippen LogP contribution in [0.5, 0.6) is 5.88 Å². The van der Waals surface area contributed by atoms with Crippen molar-refractivity contribution in [2.75, 3.05) is 20.3 Å². The van der Waals surface area contributed by atoms with Gasteiger partial charge in [-0.2, -0.15) is 0 Å². The van der Waals surface area contributed by atoms with Gasteiger partial charge < -0.3 is 14.0 Å². The molecule has 0 unspecified atom stereocenters. The smallest absolute Gasteiger partial charge is 0.213 e. The van der Waals surface area contributed by atoms with E-state index >= 15 is 0 Å². The zero-order valence-electron chi connectivity index (χ0n) is 14.1. The quantitative estimate of drug-likeness (QED) is 0.717. The zero-order valence-corrected chi connectivity index (χ0v) is 14.1. The number of imidazole rings is 1. The van der Waals surface area contributed by atoms with E-state index in [0.29, 0.717) is 18.4 Å². The third-order valence-corrected chi connectivity index (χ3v) is 4.60. The summed E-state index contributed by atoms with van der Waals surface area (Å²) in [6.45, 7) is 1.43. The summed E-state index contributed by atoms with van der Waals surface area (Å²) in [5, 5.41) is 0. The van der Waals surface area contributed by atoms with Crippen molar-refractivity contribution in [2.24, 2.45) is 5.92 Å². The van der Waals surface area contributed by atoms with Crippen LogP contribution >= 0.6 is 0 Å². The van der Waals surface area contributed by atoms with Crippen LogP contribution in [0.2, 0.25) is 0 Å². The molecule has 1 saturated heterocycles. The average molecular weight is 336 g/mol. The summed E-state index contributed by atoms with van der Waals surface area (Å²) in [5.74, 6) is 1.82. The molecule has 0 spiro atoms. The third kappa shape index (κ3) is 3.25. The molecule has 6 nitrogen and oxygen atoms in total. The summed E-state index contributed by atoms with van der Waals surface area (Å²) in [4.78, 5) is 13.1. The van der Waals surface area contributed by atoms with Crippen LogP contribution in [-0.2, 0) is 11.2 Å². The Kier molecular flexibility index (Phi) is 4.43. The molecule has 0 amide bonds. The van der Waals surface area contributed by atoms with Gasteiger partial charge in [-0.15, -0.1) is 0 Å². The van der Waals surface area contributed by atoms with Crippen LogP contribution < -0.4 is 4.74 Å². The Morgan fingerprint density at radius 3 is 2.88 bits per heavy atom. The molecule has 0 aliphatic carbocycles. The maximum Gasteiger partial charge on any atom is 0.213 e. The highest BCUT2D eigenvalue weighted by Gasteiger charge is 2.31. The molecular weight excluding hydrogens is 316 g/mol. The van der Waals surface area contributed by atoms with Gasteiger partial charge in [-0.25, -0.2) is 9.97 Å². The van der Waals surface area contributed by atoms with E-state index in [9.17, 15) is 0 Å². The number of hydrogen-bond acceptors (Lipinski definition) is 5. The minimum Gasteiger partial charge on any atom is -0.481 e. The molecule has 6 heteroatoms. The first kappa shape index (κ1) is 15.8. The number of hydrogen-bond donors (Lipinski definition) is 0. The van der Waals surface area contributed by atoms with Gasteiger partial charge in [0.05, 0.1) is 26.4 Å². The fourth-order valence-electron chi connectivity index (χ4n) is 3.34. The van der Waals surface area contributed by atoms with E-state index in [1.54, 1.807) is 7.11 Å². The van der Waals surface area contributed by atoms with Crippen molar-refractivity contribution in [2.45, 2.75) is 12.5 Å². The van der Waals surface area contributed by atoms with Crippen molar-refractivity contribution in [3.05, 3.63) is 60.7 Å². The van der Waals surface area contributed by atoms with Gasteiger partial charge in [0, 0.05) is 36.8 Å². The Morgan fingerprint density at radius 2 is 2.04 bits per heavy atom. The second-order valence-corrected chi connectivity index (χ2v) is 6.15. The van der Waals surface area contributed by atoms with Crippen molar-refractivity contribution in [1.82, 2.24) is 19.5 Å². The fourth-order valence-corrected chi connectivity index (χ4v) is 3.34. The minimum absolute atomic E-state index is 0.235. The highest BCUT2D eigenvalue weighted by atomic mass is 16.5. The van der Waals surface area contributed by atoms with E-state index in [4.69, 9.17) is 9.47 Å². The van der Waals surface area contributed by atoms with Crippen molar-refractivity contribution in [1.29, 1.82) is 0 Å². The van der Waals surface area contributed by atoms with Crippen LogP contribution in [0, 0.1) is 5.92 Å². The van der Waals surface area contributed by atoms with Gasteiger partial charge in [-0.3, -0.25) is 4.98 Å². The molecule has 3 aromatic rings. The largest absolute Gasteiger partial charge is 0.481 e. The Balaban J connectivity index is 1.62. The standard InChI is InChI=1S/C19H20N4O2/c1-24-18-4-2-3-16(22-18)19-21-9-10-23(19)17-13-25-12-15(17)11-14-5-7-20-8-6-14/h2-10,15,17H,11-13H2,1H3/t15-,17-/m1/s1. The molecule has 4 rings (SSSR count). The summed E-state index contributed by atoms with van der Waals surface area (Å²) < 4.78 is 13.2. The highest BCUT2D eigenvalue weighted by Crippen LogP contribution is 2.32. The maximum absolute atomic E-state index is 5.79. The van der Waals surface area contributed by atoms with E-state index in [1.165, 1.54) is 5.56 Å². The van der Waals surface area contributed by atoms with Crippen LogP contribution in [0.3, 0.4) is 0 Å². The second kappa shape index (κ2) is 7.03. The molecule has 0 radical (unpaired) electrons. The Bertz CT molecular complexity index is 834. The van der Waals surface area contributed by atoms with Gasteiger partial charge in [0.25, 0.3) is 0 Å². The third-order valence-electron chi connectivity index (χ3n) is 4.60. The van der Waals surface area contributed by atoms with Crippen LogP contribution in [0.15, 0.2) is 55.1 Å². The molecule has 1 fully saturated rings. The van der Waals surface area contributed by atoms with Gasteiger partial charge in [0.1, 0.15) is 5.69 Å².